The quantitative estimate of drug-likeness (QED) is 0.336. The van der Waals surface area contributed by atoms with Gasteiger partial charge in [0.1, 0.15) is 0 Å². The first-order valence-corrected chi connectivity index (χ1v) is 12.3. The molecule has 0 radical (unpaired) electrons. The topological polar surface area (TPSA) is 90.9 Å². The van der Waals surface area contributed by atoms with E-state index in [2.05, 4.69) is 15.6 Å². The van der Waals surface area contributed by atoms with Gasteiger partial charge in [-0.2, -0.15) is 0 Å². The van der Waals surface area contributed by atoms with Gasteiger partial charge in [-0.1, -0.05) is 31.4 Å². The van der Waals surface area contributed by atoms with Crippen LogP contribution in [0.4, 0.5) is 0 Å². The van der Waals surface area contributed by atoms with Crippen molar-refractivity contribution in [1.29, 1.82) is 0 Å². The highest BCUT2D eigenvalue weighted by molar-refractivity contribution is 14.0. The minimum atomic E-state index is -3.18. The highest BCUT2D eigenvalue weighted by Crippen LogP contribution is 2.26. The lowest BCUT2D eigenvalue weighted by atomic mass is 9.88. The van der Waals surface area contributed by atoms with E-state index in [1.165, 1.54) is 25.5 Å². The fraction of sp³-hybridized carbons (Fsp3) is 0.619. The van der Waals surface area contributed by atoms with Gasteiger partial charge in [-0.15, -0.1) is 24.0 Å². The summed E-state index contributed by atoms with van der Waals surface area (Å²) in [7, 11) is -1.46. The number of carbonyl (C=O) groups is 1. The predicted molar refractivity (Wildman–Crippen MR) is 130 cm³/mol. The summed E-state index contributed by atoms with van der Waals surface area (Å²) in [5.74, 6) is 1.23. The average molecular weight is 548 g/mol. The summed E-state index contributed by atoms with van der Waals surface area (Å²) in [5.41, 5.74) is 0.973. The third kappa shape index (κ3) is 6.83. The lowest BCUT2D eigenvalue weighted by Gasteiger charge is -2.26. The van der Waals surface area contributed by atoms with E-state index in [9.17, 15) is 13.2 Å². The largest absolute Gasteiger partial charge is 0.352 e. The molecule has 3 rings (SSSR count). The molecule has 168 valence electrons. The van der Waals surface area contributed by atoms with Crippen molar-refractivity contribution in [3.8, 4) is 0 Å². The van der Waals surface area contributed by atoms with Gasteiger partial charge in [-0.3, -0.25) is 9.79 Å². The zero-order valence-corrected chi connectivity index (χ0v) is 20.9. The summed E-state index contributed by atoms with van der Waals surface area (Å²) in [6.45, 7) is 2.07. The molecule has 2 fully saturated rings. The van der Waals surface area contributed by atoms with Gasteiger partial charge in [0.25, 0.3) is 0 Å². The molecule has 2 aliphatic rings. The maximum Gasteiger partial charge on any atom is 0.225 e. The number of aliphatic imine (C=N–C) groups is 1. The molecule has 1 atom stereocenters. The second-order valence-electron chi connectivity index (χ2n) is 8.09. The summed E-state index contributed by atoms with van der Waals surface area (Å²) in [5, 5.41) is 6.67. The van der Waals surface area contributed by atoms with Crippen LogP contribution in [-0.2, 0) is 21.2 Å². The van der Waals surface area contributed by atoms with Gasteiger partial charge in [0.15, 0.2) is 15.8 Å². The van der Waals surface area contributed by atoms with Gasteiger partial charge in [0.2, 0.25) is 5.91 Å². The summed E-state index contributed by atoms with van der Waals surface area (Å²) >= 11 is 0. The van der Waals surface area contributed by atoms with Crippen LogP contribution in [0.1, 0.15) is 44.1 Å². The van der Waals surface area contributed by atoms with Crippen LogP contribution in [0.2, 0.25) is 0 Å². The van der Waals surface area contributed by atoms with Crippen molar-refractivity contribution in [1.82, 2.24) is 15.5 Å². The number of hydrogen-bond acceptors (Lipinski definition) is 4. The first-order valence-electron chi connectivity index (χ1n) is 10.4. The molecule has 1 unspecified atom stereocenters. The number of nitrogens with one attached hydrogen (secondary N) is 2. The average Bonchev–Trinajstić information content (AvgIpc) is 3.19. The standard InChI is InChI=1S/C21H32N4O3S.HI/c1-22-21(23-14-16-8-10-19(11-9-16)29(2,27)28)24-18-12-13-25(15-18)20(26)17-6-4-3-5-7-17;/h8-11,17-18H,3-7,12-15H2,1-2H3,(H2,22,23,24);1H. The number of halogens is 1. The number of sulfone groups is 1. The fourth-order valence-corrected chi connectivity index (χ4v) is 4.74. The first-order chi connectivity index (χ1) is 13.9. The van der Waals surface area contributed by atoms with Crippen LogP contribution in [0.3, 0.4) is 0 Å². The second-order valence-corrected chi connectivity index (χ2v) is 10.1. The second kappa shape index (κ2) is 11.3. The first kappa shape index (κ1) is 24.9. The molecule has 30 heavy (non-hydrogen) atoms. The number of nitrogens with zero attached hydrogens (tertiary/aromatic N) is 2. The Balaban J connectivity index is 0.00000320. The van der Waals surface area contributed by atoms with E-state index < -0.39 is 9.84 Å². The van der Waals surface area contributed by atoms with Crippen LogP contribution in [0.15, 0.2) is 34.2 Å². The number of amides is 1. The lowest BCUT2D eigenvalue weighted by molar-refractivity contribution is -0.135. The molecule has 1 aromatic rings. The fourth-order valence-electron chi connectivity index (χ4n) is 4.11. The van der Waals surface area contributed by atoms with E-state index >= 15 is 0 Å². The Labute approximate surface area is 197 Å². The van der Waals surface area contributed by atoms with E-state index in [0.29, 0.717) is 23.3 Å². The van der Waals surface area contributed by atoms with Gasteiger partial charge in [0, 0.05) is 44.9 Å². The van der Waals surface area contributed by atoms with Crippen molar-refractivity contribution < 1.29 is 13.2 Å². The molecule has 0 aromatic heterocycles. The monoisotopic (exact) mass is 548 g/mol. The third-order valence-corrected chi connectivity index (χ3v) is 6.96. The molecule has 1 saturated heterocycles. The number of carbonyl (C=O) groups excluding carboxylic acids is 1. The Morgan fingerprint density at radius 2 is 1.80 bits per heavy atom. The van der Waals surface area contributed by atoms with Crippen LogP contribution in [0.25, 0.3) is 0 Å². The van der Waals surface area contributed by atoms with Crippen molar-refractivity contribution in [3.05, 3.63) is 29.8 Å². The Morgan fingerprint density at radius 1 is 1.13 bits per heavy atom. The maximum atomic E-state index is 12.7. The Morgan fingerprint density at radius 3 is 2.40 bits per heavy atom. The van der Waals surface area contributed by atoms with E-state index in [1.54, 1.807) is 31.3 Å². The molecule has 9 heteroatoms. The Bertz CT molecular complexity index is 836. The molecule has 2 N–H and O–H groups in total. The van der Waals surface area contributed by atoms with Gasteiger partial charge in [-0.05, 0) is 37.0 Å². The molecule has 1 saturated carbocycles. The van der Waals surface area contributed by atoms with Crippen LogP contribution in [0.5, 0.6) is 0 Å². The van der Waals surface area contributed by atoms with E-state index in [1.807, 2.05) is 4.90 Å². The maximum absolute atomic E-state index is 12.7. The van der Waals surface area contributed by atoms with Crippen molar-refractivity contribution in [2.45, 2.75) is 56.0 Å². The Hall–Kier alpha value is -1.36. The number of likely N-dealkylation sites (tertiary alicyclic amines) is 1. The minimum Gasteiger partial charge on any atom is -0.352 e. The zero-order chi connectivity index (χ0) is 20.9. The molecular formula is C21H33IN4O3S. The summed E-state index contributed by atoms with van der Waals surface area (Å²) in [4.78, 5) is 19.3. The predicted octanol–water partition coefficient (Wildman–Crippen LogP) is 2.55. The SMILES string of the molecule is CN=C(NCc1ccc(S(C)(=O)=O)cc1)NC1CCN(C(=O)C2CCCCC2)C1.I. The highest BCUT2D eigenvalue weighted by atomic mass is 127. The molecule has 1 heterocycles. The Kier molecular flexibility index (Phi) is 9.39. The smallest absolute Gasteiger partial charge is 0.225 e. The lowest BCUT2D eigenvalue weighted by Crippen LogP contribution is -2.45. The van der Waals surface area contributed by atoms with Crippen LogP contribution >= 0.6 is 24.0 Å². The number of guanidine groups is 1. The van der Waals surface area contributed by atoms with Crippen LogP contribution in [0, 0.1) is 5.92 Å². The molecule has 1 aliphatic carbocycles. The minimum absolute atomic E-state index is 0. The third-order valence-electron chi connectivity index (χ3n) is 5.83. The number of benzene rings is 1. The van der Waals surface area contributed by atoms with Gasteiger partial charge >= 0.3 is 0 Å². The number of hydrogen-bond donors (Lipinski definition) is 2. The van der Waals surface area contributed by atoms with Crippen LogP contribution in [-0.4, -0.2) is 57.6 Å². The molecule has 7 nitrogen and oxygen atoms in total. The van der Waals surface area contributed by atoms with Gasteiger partial charge in [0.05, 0.1) is 4.90 Å². The zero-order valence-electron chi connectivity index (χ0n) is 17.8. The van der Waals surface area contributed by atoms with E-state index in [4.69, 9.17) is 0 Å². The van der Waals surface area contributed by atoms with E-state index in [-0.39, 0.29) is 35.9 Å². The van der Waals surface area contributed by atoms with Crippen molar-refractivity contribution in [3.63, 3.8) is 0 Å². The molecule has 0 spiro atoms. The molecule has 1 aromatic carbocycles. The highest BCUT2D eigenvalue weighted by Gasteiger charge is 2.31. The van der Waals surface area contributed by atoms with Gasteiger partial charge in [-0.25, -0.2) is 8.42 Å². The van der Waals surface area contributed by atoms with Crippen molar-refractivity contribution in [2.24, 2.45) is 10.9 Å². The van der Waals surface area contributed by atoms with Crippen molar-refractivity contribution >= 4 is 45.7 Å². The van der Waals surface area contributed by atoms with E-state index in [0.717, 1.165) is 37.9 Å². The summed E-state index contributed by atoms with van der Waals surface area (Å²) in [6.07, 6.45) is 7.80. The molecule has 1 aliphatic heterocycles. The molecular weight excluding hydrogens is 515 g/mol. The van der Waals surface area contributed by atoms with Crippen molar-refractivity contribution in [2.75, 3.05) is 26.4 Å². The molecule has 0 bridgehead atoms. The summed E-state index contributed by atoms with van der Waals surface area (Å²) in [6, 6.07) is 7.04. The normalized spacial score (nSPS) is 20.5. The van der Waals surface area contributed by atoms with Gasteiger partial charge < -0.3 is 15.5 Å². The molecule has 1 amide bonds. The van der Waals surface area contributed by atoms with Crippen LogP contribution < -0.4 is 10.6 Å². The summed E-state index contributed by atoms with van der Waals surface area (Å²) < 4.78 is 23.1. The number of rotatable bonds is 5.